The zero-order valence-electron chi connectivity index (χ0n) is 12.6. The molecule has 0 aliphatic carbocycles. The fourth-order valence-corrected chi connectivity index (χ4v) is 2.27. The van der Waals surface area contributed by atoms with Crippen LogP contribution >= 0.6 is 0 Å². The number of hydrogen-bond donors (Lipinski definition) is 1. The van der Waals surface area contributed by atoms with Gasteiger partial charge in [-0.15, -0.1) is 0 Å². The van der Waals surface area contributed by atoms with Crippen molar-refractivity contribution in [1.82, 2.24) is 14.9 Å². The maximum atomic E-state index is 12.0. The van der Waals surface area contributed by atoms with Crippen molar-refractivity contribution in [3.63, 3.8) is 0 Å². The monoisotopic (exact) mass is 294 g/mol. The normalized spacial score (nSPS) is 14.7. The molecule has 21 heavy (non-hydrogen) atoms. The highest BCUT2D eigenvalue weighted by atomic mass is 16.5. The molecule has 7 nitrogen and oxygen atoms in total. The molecule has 1 N–H and O–H groups in total. The van der Waals surface area contributed by atoms with Gasteiger partial charge in [0.1, 0.15) is 0 Å². The highest BCUT2D eigenvalue weighted by Gasteiger charge is 2.16. The standard InChI is InChI=1S/C14H22N4O3/c1-20-11-10-12(21-2)17-14(16-11)15-7-6-13(19)18-8-4-3-5-9-18/h10H,3-9H2,1-2H3,(H,15,16,17). The number of carbonyl (C=O) groups excluding carboxylic acids is 1. The number of rotatable bonds is 6. The van der Waals surface area contributed by atoms with E-state index >= 15 is 0 Å². The highest BCUT2D eigenvalue weighted by molar-refractivity contribution is 5.76. The number of ether oxygens (including phenoxy) is 2. The van der Waals surface area contributed by atoms with Gasteiger partial charge < -0.3 is 19.7 Å². The summed E-state index contributed by atoms with van der Waals surface area (Å²) < 4.78 is 10.1. The molecule has 116 valence electrons. The van der Waals surface area contributed by atoms with Crippen molar-refractivity contribution < 1.29 is 14.3 Å². The number of piperidine rings is 1. The van der Waals surface area contributed by atoms with Crippen LogP contribution in [-0.2, 0) is 4.79 Å². The van der Waals surface area contributed by atoms with Crippen molar-refractivity contribution >= 4 is 11.9 Å². The van der Waals surface area contributed by atoms with Gasteiger partial charge in [0.2, 0.25) is 23.6 Å². The molecule has 1 aromatic heterocycles. The van der Waals surface area contributed by atoms with Crippen LogP contribution in [0.25, 0.3) is 0 Å². The first kappa shape index (κ1) is 15.3. The van der Waals surface area contributed by atoms with Crippen molar-refractivity contribution in [2.75, 3.05) is 39.2 Å². The molecule has 7 heteroatoms. The predicted octanol–water partition coefficient (Wildman–Crippen LogP) is 1.31. The second kappa shape index (κ2) is 7.66. The van der Waals surface area contributed by atoms with Crippen LogP contribution in [0.2, 0.25) is 0 Å². The topological polar surface area (TPSA) is 76.6 Å². The zero-order valence-corrected chi connectivity index (χ0v) is 12.6. The lowest BCUT2D eigenvalue weighted by Gasteiger charge is -2.26. The molecule has 2 heterocycles. The molecule has 1 amide bonds. The molecule has 0 atom stereocenters. The molecule has 0 unspecified atom stereocenters. The van der Waals surface area contributed by atoms with Gasteiger partial charge in [0.15, 0.2) is 0 Å². The van der Waals surface area contributed by atoms with Crippen LogP contribution in [0.3, 0.4) is 0 Å². The summed E-state index contributed by atoms with van der Waals surface area (Å²) in [5.41, 5.74) is 0. The van der Waals surface area contributed by atoms with Crippen LogP contribution in [0.4, 0.5) is 5.95 Å². The average Bonchev–Trinajstić information content (AvgIpc) is 2.55. The van der Waals surface area contributed by atoms with E-state index in [4.69, 9.17) is 9.47 Å². The third-order valence-corrected chi connectivity index (χ3v) is 3.43. The number of carbonyl (C=O) groups is 1. The molecule has 1 aliphatic heterocycles. The molecule has 0 spiro atoms. The summed E-state index contributed by atoms with van der Waals surface area (Å²) in [6.07, 6.45) is 3.87. The lowest BCUT2D eigenvalue weighted by Crippen LogP contribution is -2.36. The maximum absolute atomic E-state index is 12.0. The minimum absolute atomic E-state index is 0.178. The number of amides is 1. The summed E-state index contributed by atoms with van der Waals surface area (Å²) in [6.45, 7) is 2.25. The van der Waals surface area contributed by atoms with E-state index in [9.17, 15) is 4.79 Å². The Morgan fingerprint density at radius 1 is 1.19 bits per heavy atom. The van der Waals surface area contributed by atoms with Crippen molar-refractivity contribution in [3.05, 3.63) is 6.07 Å². The van der Waals surface area contributed by atoms with E-state index in [1.165, 1.54) is 20.6 Å². The van der Waals surface area contributed by atoms with Crippen LogP contribution < -0.4 is 14.8 Å². The van der Waals surface area contributed by atoms with Crippen molar-refractivity contribution in [2.24, 2.45) is 0 Å². The van der Waals surface area contributed by atoms with E-state index in [0.717, 1.165) is 25.9 Å². The van der Waals surface area contributed by atoms with E-state index in [0.29, 0.717) is 30.7 Å². The second-order valence-corrected chi connectivity index (χ2v) is 4.89. The maximum Gasteiger partial charge on any atom is 0.229 e. The first-order valence-electron chi connectivity index (χ1n) is 7.21. The summed E-state index contributed by atoms with van der Waals surface area (Å²) in [4.78, 5) is 22.3. The van der Waals surface area contributed by atoms with Crippen molar-refractivity contribution in [1.29, 1.82) is 0 Å². The predicted molar refractivity (Wildman–Crippen MR) is 78.7 cm³/mol. The molecule has 1 aliphatic rings. The molecule has 1 saturated heterocycles. The number of nitrogens with zero attached hydrogens (tertiary/aromatic N) is 3. The number of aromatic nitrogens is 2. The Balaban J connectivity index is 1.83. The van der Waals surface area contributed by atoms with Gasteiger partial charge in [-0.1, -0.05) is 0 Å². The lowest BCUT2D eigenvalue weighted by molar-refractivity contribution is -0.131. The third kappa shape index (κ3) is 4.47. The van der Waals surface area contributed by atoms with E-state index in [-0.39, 0.29) is 5.91 Å². The zero-order chi connectivity index (χ0) is 15.1. The molecular formula is C14H22N4O3. The van der Waals surface area contributed by atoms with Crippen molar-refractivity contribution in [2.45, 2.75) is 25.7 Å². The summed E-state index contributed by atoms with van der Waals surface area (Å²) in [7, 11) is 3.07. The molecule has 0 saturated carbocycles. The summed E-state index contributed by atoms with van der Waals surface area (Å²) >= 11 is 0. The summed E-state index contributed by atoms with van der Waals surface area (Å²) in [5, 5.41) is 3.03. The molecule has 1 aromatic rings. The van der Waals surface area contributed by atoms with Gasteiger partial charge in [-0.25, -0.2) is 0 Å². The Bertz CT molecular complexity index is 453. The number of anilines is 1. The Morgan fingerprint density at radius 2 is 1.81 bits per heavy atom. The van der Waals surface area contributed by atoms with Gasteiger partial charge in [-0.2, -0.15) is 9.97 Å². The van der Waals surface area contributed by atoms with Crippen LogP contribution in [-0.4, -0.2) is 54.6 Å². The number of nitrogens with one attached hydrogen (secondary N) is 1. The van der Waals surface area contributed by atoms with Crippen LogP contribution in [0.1, 0.15) is 25.7 Å². The van der Waals surface area contributed by atoms with Gasteiger partial charge in [0.05, 0.1) is 20.3 Å². The fraction of sp³-hybridized carbons (Fsp3) is 0.643. The minimum Gasteiger partial charge on any atom is -0.481 e. The quantitative estimate of drug-likeness (QED) is 0.852. The van der Waals surface area contributed by atoms with E-state index in [1.807, 2.05) is 4.90 Å². The van der Waals surface area contributed by atoms with Crippen LogP contribution in [0.15, 0.2) is 6.07 Å². The molecule has 0 radical (unpaired) electrons. The number of hydrogen-bond acceptors (Lipinski definition) is 6. The second-order valence-electron chi connectivity index (χ2n) is 4.89. The van der Waals surface area contributed by atoms with Crippen molar-refractivity contribution in [3.8, 4) is 11.8 Å². The van der Waals surface area contributed by atoms with Gasteiger partial charge in [0.25, 0.3) is 0 Å². The van der Waals surface area contributed by atoms with Crippen LogP contribution in [0.5, 0.6) is 11.8 Å². The summed E-state index contributed by atoms with van der Waals surface area (Å²) in [5.74, 6) is 1.42. The lowest BCUT2D eigenvalue weighted by atomic mass is 10.1. The molecule has 0 bridgehead atoms. The SMILES string of the molecule is COc1cc(OC)nc(NCCC(=O)N2CCCCC2)n1. The molecule has 2 rings (SSSR count). The largest absolute Gasteiger partial charge is 0.481 e. The first-order valence-corrected chi connectivity index (χ1v) is 7.21. The van der Waals surface area contributed by atoms with Gasteiger partial charge in [-0.3, -0.25) is 4.79 Å². The Kier molecular flexibility index (Phi) is 5.59. The Morgan fingerprint density at radius 3 is 2.38 bits per heavy atom. The summed E-state index contributed by atoms with van der Waals surface area (Å²) in [6, 6.07) is 1.60. The number of methoxy groups -OCH3 is 2. The fourth-order valence-electron chi connectivity index (χ4n) is 2.27. The molecule has 1 fully saturated rings. The average molecular weight is 294 g/mol. The number of likely N-dealkylation sites (tertiary alicyclic amines) is 1. The minimum atomic E-state index is 0.178. The van der Waals surface area contributed by atoms with Gasteiger partial charge >= 0.3 is 0 Å². The van der Waals surface area contributed by atoms with E-state index < -0.39 is 0 Å². The third-order valence-electron chi connectivity index (χ3n) is 3.43. The van der Waals surface area contributed by atoms with Crippen LogP contribution in [0, 0.1) is 0 Å². The Hall–Kier alpha value is -2.05. The first-order chi connectivity index (χ1) is 10.2. The van der Waals surface area contributed by atoms with Gasteiger partial charge in [-0.05, 0) is 19.3 Å². The Labute approximate surface area is 124 Å². The molecular weight excluding hydrogens is 272 g/mol. The smallest absolute Gasteiger partial charge is 0.229 e. The molecule has 0 aromatic carbocycles. The van der Waals surface area contributed by atoms with E-state index in [1.54, 1.807) is 6.07 Å². The highest BCUT2D eigenvalue weighted by Crippen LogP contribution is 2.17. The van der Waals surface area contributed by atoms with E-state index in [2.05, 4.69) is 15.3 Å². The van der Waals surface area contributed by atoms with Gasteiger partial charge in [0, 0.05) is 26.1 Å².